The fourth-order valence-electron chi connectivity index (χ4n) is 1.77. The number of aryl methyl sites for hydroxylation is 1. The lowest BCUT2D eigenvalue weighted by Crippen LogP contribution is -2.11. The average Bonchev–Trinajstić information content (AvgIpc) is 2.89. The molecule has 0 amide bonds. The van der Waals surface area contributed by atoms with Crippen LogP contribution in [-0.2, 0) is 19.6 Å². The van der Waals surface area contributed by atoms with Crippen LogP contribution in [0.2, 0.25) is 0 Å². The summed E-state index contributed by atoms with van der Waals surface area (Å²) in [5.41, 5.74) is 1.36. The number of hydrogen-bond donors (Lipinski definition) is 1. The second-order valence-electron chi connectivity index (χ2n) is 4.07. The summed E-state index contributed by atoms with van der Waals surface area (Å²) in [5, 5.41) is 3.46. The quantitative estimate of drug-likeness (QED) is 0.852. The molecule has 0 unspecified atom stereocenters. The molecule has 0 aliphatic heterocycles. The van der Waals surface area contributed by atoms with Crippen LogP contribution in [0, 0.1) is 0 Å². The van der Waals surface area contributed by atoms with Crippen LogP contribution in [-0.4, -0.2) is 4.57 Å². The smallest absolute Gasteiger partial charge is 0.0701 e. The maximum absolute atomic E-state index is 3.48. The van der Waals surface area contributed by atoms with Crippen LogP contribution in [0.1, 0.15) is 23.8 Å². The third-order valence-electron chi connectivity index (χ3n) is 2.55. The highest BCUT2D eigenvalue weighted by Crippen LogP contribution is 2.21. The van der Waals surface area contributed by atoms with Gasteiger partial charge in [-0.3, -0.25) is 0 Å². The highest BCUT2D eigenvalue weighted by molar-refractivity contribution is 9.11. The van der Waals surface area contributed by atoms with E-state index in [1.807, 2.05) is 0 Å². The van der Waals surface area contributed by atoms with Gasteiger partial charge in [0.15, 0.2) is 0 Å². The first kappa shape index (κ1) is 12.9. The maximum atomic E-state index is 3.48. The molecule has 0 radical (unpaired) electrons. The van der Waals surface area contributed by atoms with E-state index < -0.39 is 0 Å². The second kappa shape index (κ2) is 6.38. The number of rotatable bonds is 6. The van der Waals surface area contributed by atoms with Gasteiger partial charge in [-0.1, -0.05) is 6.92 Å². The first-order valence-corrected chi connectivity index (χ1v) is 7.48. The highest BCUT2D eigenvalue weighted by atomic mass is 79.9. The van der Waals surface area contributed by atoms with Gasteiger partial charge in [-0.2, -0.15) is 0 Å². The van der Waals surface area contributed by atoms with Crippen molar-refractivity contribution in [2.24, 2.45) is 0 Å². The first-order chi connectivity index (χ1) is 8.28. The van der Waals surface area contributed by atoms with Crippen molar-refractivity contribution in [1.82, 2.24) is 9.88 Å². The molecule has 2 heterocycles. The Morgan fingerprint density at radius 1 is 1.29 bits per heavy atom. The lowest BCUT2D eigenvalue weighted by molar-refractivity contribution is 0.670. The lowest BCUT2D eigenvalue weighted by atomic mass is 10.3. The number of aromatic nitrogens is 1. The Hall–Kier alpha value is -0.580. The highest BCUT2D eigenvalue weighted by Gasteiger charge is 1.99. The molecule has 0 aliphatic rings. The number of halogens is 1. The Bertz CT molecular complexity index is 461. The number of nitrogens with zero attached hydrogens (tertiary/aromatic N) is 1. The summed E-state index contributed by atoms with van der Waals surface area (Å²) < 4.78 is 3.45. The zero-order chi connectivity index (χ0) is 12.1. The van der Waals surface area contributed by atoms with Gasteiger partial charge in [0.2, 0.25) is 0 Å². The van der Waals surface area contributed by atoms with Crippen LogP contribution >= 0.6 is 27.3 Å². The minimum absolute atomic E-state index is 0.937. The van der Waals surface area contributed by atoms with Gasteiger partial charge in [0.1, 0.15) is 0 Å². The van der Waals surface area contributed by atoms with Gasteiger partial charge >= 0.3 is 0 Å². The van der Waals surface area contributed by atoms with E-state index in [2.05, 4.69) is 63.3 Å². The Balaban J connectivity index is 1.77. The molecule has 0 atom stereocenters. The summed E-state index contributed by atoms with van der Waals surface area (Å²) in [6.45, 7) is 5.19. The van der Waals surface area contributed by atoms with Crippen LogP contribution in [0.25, 0.3) is 0 Å². The molecule has 0 spiro atoms. The third-order valence-corrected chi connectivity index (χ3v) is 4.17. The van der Waals surface area contributed by atoms with E-state index in [1.165, 1.54) is 20.6 Å². The number of hydrogen-bond acceptors (Lipinski definition) is 2. The minimum atomic E-state index is 0.937. The molecule has 2 aromatic heterocycles. The van der Waals surface area contributed by atoms with Gasteiger partial charge < -0.3 is 9.88 Å². The minimum Gasteiger partial charge on any atom is -0.354 e. The van der Waals surface area contributed by atoms with E-state index in [-0.39, 0.29) is 0 Å². The van der Waals surface area contributed by atoms with Crippen molar-refractivity contribution >= 4 is 27.3 Å². The van der Waals surface area contributed by atoms with E-state index >= 15 is 0 Å². The molecule has 0 aliphatic carbocycles. The molecule has 92 valence electrons. The molecule has 0 bridgehead atoms. The molecule has 1 N–H and O–H groups in total. The Labute approximate surface area is 115 Å². The van der Waals surface area contributed by atoms with E-state index in [9.17, 15) is 0 Å². The molecular formula is C13H17BrN2S. The van der Waals surface area contributed by atoms with Crippen molar-refractivity contribution in [3.05, 3.63) is 44.8 Å². The standard InChI is InChI=1S/C13H17BrN2S/c1-2-6-16-7-5-11(10-16)8-15-9-12-3-4-13(14)17-12/h3-5,7,10,15H,2,6,8-9H2,1H3. The number of nitrogens with one attached hydrogen (secondary N) is 1. The van der Waals surface area contributed by atoms with Crippen LogP contribution in [0.15, 0.2) is 34.4 Å². The molecule has 0 aromatic carbocycles. The summed E-state index contributed by atoms with van der Waals surface area (Å²) in [5.74, 6) is 0. The van der Waals surface area contributed by atoms with Gasteiger partial charge in [0, 0.05) is 36.9 Å². The van der Waals surface area contributed by atoms with Gasteiger partial charge in [-0.15, -0.1) is 11.3 Å². The Kier molecular flexibility index (Phi) is 4.83. The largest absolute Gasteiger partial charge is 0.354 e. The van der Waals surface area contributed by atoms with E-state index in [4.69, 9.17) is 0 Å². The SMILES string of the molecule is CCCn1ccc(CNCc2ccc(Br)s2)c1. The molecule has 0 saturated carbocycles. The predicted molar refractivity (Wildman–Crippen MR) is 77.3 cm³/mol. The third kappa shape index (κ3) is 3.98. The Morgan fingerprint density at radius 3 is 2.88 bits per heavy atom. The average molecular weight is 313 g/mol. The van der Waals surface area contributed by atoms with E-state index in [1.54, 1.807) is 11.3 Å². The monoisotopic (exact) mass is 312 g/mol. The molecule has 17 heavy (non-hydrogen) atoms. The molecule has 2 aromatic rings. The molecule has 0 saturated heterocycles. The van der Waals surface area contributed by atoms with Gasteiger partial charge in [-0.25, -0.2) is 0 Å². The zero-order valence-electron chi connectivity index (χ0n) is 9.95. The van der Waals surface area contributed by atoms with Crippen molar-refractivity contribution in [2.75, 3.05) is 0 Å². The molecule has 2 rings (SSSR count). The molecule has 4 heteroatoms. The normalized spacial score (nSPS) is 10.9. The zero-order valence-corrected chi connectivity index (χ0v) is 12.4. The topological polar surface area (TPSA) is 17.0 Å². The van der Waals surface area contributed by atoms with Crippen molar-refractivity contribution in [3.8, 4) is 0 Å². The summed E-state index contributed by atoms with van der Waals surface area (Å²) in [6, 6.07) is 6.44. The van der Waals surface area contributed by atoms with Crippen LogP contribution < -0.4 is 5.32 Å². The fourth-order valence-corrected chi connectivity index (χ4v) is 3.22. The van der Waals surface area contributed by atoms with Crippen molar-refractivity contribution in [2.45, 2.75) is 33.0 Å². The van der Waals surface area contributed by atoms with E-state index in [0.717, 1.165) is 19.6 Å². The number of thiophene rings is 1. The maximum Gasteiger partial charge on any atom is 0.0701 e. The van der Waals surface area contributed by atoms with E-state index in [0.29, 0.717) is 0 Å². The molecular weight excluding hydrogens is 296 g/mol. The Morgan fingerprint density at radius 2 is 2.18 bits per heavy atom. The summed E-state index contributed by atoms with van der Waals surface area (Å²) in [4.78, 5) is 1.37. The van der Waals surface area contributed by atoms with Gasteiger partial charge in [-0.05, 0) is 46.1 Å². The van der Waals surface area contributed by atoms with Crippen molar-refractivity contribution in [1.29, 1.82) is 0 Å². The van der Waals surface area contributed by atoms with Crippen molar-refractivity contribution in [3.63, 3.8) is 0 Å². The first-order valence-electron chi connectivity index (χ1n) is 5.87. The summed E-state index contributed by atoms with van der Waals surface area (Å²) in [6.07, 6.45) is 5.56. The van der Waals surface area contributed by atoms with Gasteiger partial charge in [0.25, 0.3) is 0 Å². The van der Waals surface area contributed by atoms with Crippen LogP contribution in [0.3, 0.4) is 0 Å². The molecule has 2 nitrogen and oxygen atoms in total. The van der Waals surface area contributed by atoms with Crippen LogP contribution in [0.5, 0.6) is 0 Å². The van der Waals surface area contributed by atoms with Crippen molar-refractivity contribution < 1.29 is 0 Å². The lowest BCUT2D eigenvalue weighted by Gasteiger charge is -2.01. The predicted octanol–water partition coefficient (Wildman–Crippen LogP) is 4.01. The summed E-state index contributed by atoms with van der Waals surface area (Å²) in [7, 11) is 0. The van der Waals surface area contributed by atoms with Crippen LogP contribution in [0.4, 0.5) is 0 Å². The second-order valence-corrected chi connectivity index (χ2v) is 6.61. The summed E-state index contributed by atoms with van der Waals surface area (Å²) >= 11 is 5.26. The van der Waals surface area contributed by atoms with Gasteiger partial charge in [0.05, 0.1) is 3.79 Å². The fraction of sp³-hybridized carbons (Fsp3) is 0.385. The molecule has 0 fully saturated rings.